The third-order valence-corrected chi connectivity index (χ3v) is 5.72. The first kappa shape index (κ1) is 20.1. The van der Waals surface area contributed by atoms with Gasteiger partial charge in [-0.05, 0) is 48.5 Å². The van der Waals surface area contributed by atoms with E-state index in [1.165, 1.54) is 38.2 Å². The zero-order valence-electron chi connectivity index (χ0n) is 14.2. The maximum atomic E-state index is 12.6. The average molecular weight is 440 g/mol. The second-order valence-electron chi connectivity index (χ2n) is 5.52. The van der Waals surface area contributed by atoms with Crippen LogP contribution in [0, 0.1) is 0 Å². The van der Waals surface area contributed by atoms with Crippen molar-refractivity contribution < 1.29 is 18.0 Å². The number of carbonyl (C=O) groups is 2. The van der Waals surface area contributed by atoms with Crippen molar-refractivity contribution in [1.82, 2.24) is 4.31 Å². The Labute approximate surface area is 160 Å². The molecular weight excluding hydrogens is 422 g/mol. The molecule has 0 spiro atoms. The Morgan fingerprint density at radius 3 is 2.00 bits per heavy atom. The molecule has 7 nitrogen and oxygen atoms in total. The fourth-order valence-corrected chi connectivity index (χ4v) is 3.51. The smallest absolute Gasteiger partial charge is 0.243 e. The highest BCUT2D eigenvalue weighted by Gasteiger charge is 2.23. The van der Waals surface area contributed by atoms with Gasteiger partial charge in [0.1, 0.15) is 0 Å². The van der Waals surface area contributed by atoms with E-state index < -0.39 is 15.9 Å². The van der Waals surface area contributed by atoms with Gasteiger partial charge in [-0.3, -0.25) is 9.59 Å². The molecule has 0 aliphatic rings. The van der Waals surface area contributed by atoms with E-state index in [-0.39, 0.29) is 17.3 Å². The van der Waals surface area contributed by atoms with Gasteiger partial charge in [0.25, 0.3) is 0 Å². The summed E-state index contributed by atoms with van der Waals surface area (Å²) in [5, 5.41) is 5.20. The molecule has 0 atom stereocenters. The molecule has 138 valence electrons. The standard InChI is InChI=1S/C17H18BrN3O4S/c1-12(22)19-14-7-9-16(10-8-14)26(24,25)21(2)11-17(23)20-15-5-3-13(18)4-6-15/h3-10H,11H2,1-2H3,(H,19,22)(H,20,23). The molecule has 0 bridgehead atoms. The van der Waals surface area contributed by atoms with Crippen LogP contribution in [0.1, 0.15) is 6.92 Å². The Morgan fingerprint density at radius 1 is 0.962 bits per heavy atom. The van der Waals surface area contributed by atoms with Crippen LogP contribution < -0.4 is 10.6 Å². The number of nitrogens with zero attached hydrogens (tertiary/aromatic N) is 1. The molecule has 0 heterocycles. The highest BCUT2D eigenvalue weighted by atomic mass is 79.9. The van der Waals surface area contributed by atoms with Crippen LogP contribution in [0.4, 0.5) is 11.4 Å². The van der Waals surface area contributed by atoms with E-state index in [0.717, 1.165) is 8.78 Å². The van der Waals surface area contributed by atoms with E-state index in [2.05, 4.69) is 26.6 Å². The van der Waals surface area contributed by atoms with Gasteiger partial charge < -0.3 is 10.6 Å². The molecule has 2 aromatic rings. The molecular formula is C17H18BrN3O4S. The van der Waals surface area contributed by atoms with Gasteiger partial charge in [-0.15, -0.1) is 0 Å². The fraction of sp³-hybridized carbons (Fsp3) is 0.176. The minimum atomic E-state index is -3.83. The number of benzene rings is 2. The molecule has 0 radical (unpaired) electrons. The lowest BCUT2D eigenvalue weighted by Gasteiger charge is -2.17. The van der Waals surface area contributed by atoms with Crippen LogP contribution in [-0.2, 0) is 19.6 Å². The number of likely N-dealkylation sites (N-methyl/N-ethyl adjacent to an activating group) is 1. The predicted octanol–water partition coefficient (Wildman–Crippen LogP) is 2.67. The van der Waals surface area contributed by atoms with Crippen molar-refractivity contribution in [3.05, 3.63) is 53.0 Å². The highest BCUT2D eigenvalue weighted by molar-refractivity contribution is 9.10. The highest BCUT2D eigenvalue weighted by Crippen LogP contribution is 2.18. The van der Waals surface area contributed by atoms with Crippen LogP contribution in [0.25, 0.3) is 0 Å². The summed E-state index contributed by atoms with van der Waals surface area (Å²) in [4.78, 5) is 23.1. The molecule has 2 N–H and O–H groups in total. The lowest BCUT2D eigenvalue weighted by Crippen LogP contribution is -2.34. The Hall–Kier alpha value is -2.23. The molecule has 2 aromatic carbocycles. The second-order valence-corrected chi connectivity index (χ2v) is 8.48. The van der Waals surface area contributed by atoms with Gasteiger partial charge in [0, 0.05) is 29.8 Å². The summed E-state index contributed by atoms with van der Waals surface area (Å²) in [6.07, 6.45) is 0. The van der Waals surface area contributed by atoms with Crippen molar-refractivity contribution >= 4 is 49.1 Å². The number of nitrogens with one attached hydrogen (secondary N) is 2. The normalized spacial score (nSPS) is 11.2. The molecule has 2 amide bonds. The minimum Gasteiger partial charge on any atom is -0.326 e. The molecule has 0 fully saturated rings. The van der Waals surface area contributed by atoms with Crippen LogP contribution in [0.15, 0.2) is 57.9 Å². The fourth-order valence-electron chi connectivity index (χ4n) is 2.11. The summed E-state index contributed by atoms with van der Waals surface area (Å²) in [5.74, 6) is -0.699. The van der Waals surface area contributed by atoms with Crippen molar-refractivity contribution in [3.8, 4) is 0 Å². The van der Waals surface area contributed by atoms with Crippen LogP contribution in [0.3, 0.4) is 0 Å². The van der Waals surface area contributed by atoms with E-state index in [1.54, 1.807) is 24.3 Å². The number of hydrogen-bond acceptors (Lipinski definition) is 4. The van der Waals surface area contributed by atoms with Crippen LogP contribution in [0.2, 0.25) is 0 Å². The summed E-state index contributed by atoms with van der Waals surface area (Å²) in [6.45, 7) is 1.04. The molecule has 0 saturated carbocycles. The van der Waals surface area contributed by atoms with Gasteiger partial charge in [-0.25, -0.2) is 8.42 Å². The Bertz CT molecular complexity index is 897. The van der Waals surface area contributed by atoms with Crippen molar-refractivity contribution in [3.63, 3.8) is 0 Å². The van der Waals surface area contributed by atoms with Gasteiger partial charge in [-0.1, -0.05) is 15.9 Å². The maximum Gasteiger partial charge on any atom is 0.243 e. The SMILES string of the molecule is CC(=O)Nc1ccc(S(=O)(=O)N(C)CC(=O)Nc2ccc(Br)cc2)cc1. The molecule has 0 aliphatic carbocycles. The van der Waals surface area contributed by atoms with Crippen molar-refractivity contribution in [2.45, 2.75) is 11.8 Å². The number of sulfonamides is 1. The number of amides is 2. The molecule has 26 heavy (non-hydrogen) atoms. The number of halogens is 1. The number of rotatable bonds is 6. The first-order valence-electron chi connectivity index (χ1n) is 7.58. The summed E-state index contributed by atoms with van der Waals surface area (Å²) in [6, 6.07) is 12.7. The Balaban J connectivity index is 2.04. The van der Waals surface area contributed by atoms with Gasteiger partial charge in [0.05, 0.1) is 11.4 Å². The van der Waals surface area contributed by atoms with E-state index in [1.807, 2.05) is 0 Å². The summed E-state index contributed by atoms with van der Waals surface area (Å²) in [5.41, 5.74) is 1.07. The topological polar surface area (TPSA) is 95.6 Å². The van der Waals surface area contributed by atoms with Gasteiger partial charge in [0.15, 0.2) is 0 Å². The van der Waals surface area contributed by atoms with E-state index in [0.29, 0.717) is 11.4 Å². The Morgan fingerprint density at radius 2 is 1.46 bits per heavy atom. The zero-order chi connectivity index (χ0) is 19.3. The molecule has 9 heteroatoms. The van der Waals surface area contributed by atoms with Crippen molar-refractivity contribution in [1.29, 1.82) is 0 Å². The third-order valence-electron chi connectivity index (χ3n) is 3.38. The first-order valence-corrected chi connectivity index (χ1v) is 9.81. The molecule has 2 rings (SSSR count). The van der Waals surface area contributed by atoms with E-state index in [4.69, 9.17) is 0 Å². The molecule has 0 aromatic heterocycles. The molecule has 0 saturated heterocycles. The quantitative estimate of drug-likeness (QED) is 0.722. The second kappa shape index (κ2) is 8.43. The predicted molar refractivity (Wildman–Crippen MR) is 103 cm³/mol. The van der Waals surface area contributed by atoms with Crippen LogP contribution in [-0.4, -0.2) is 38.1 Å². The summed E-state index contributed by atoms with van der Waals surface area (Å²) in [7, 11) is -2.49. The number of hydrogen-bond donors (Lipinski definition) is 2. The summed E-state index contributed by atoms with van der Waals surface area (Å²) < 4.78 is 26.9. The minimum absolute atomic E-state index is 0.0329. The molecule has 0 unspecified atom stereocenters. The lowest BCUT2D eigenvalue weighted by molar-refractivity contribution is -0.116. The maximum absolute atomic E-state index is 12.6. The largest absolute Gasteiger partial charge is 0.326 e. The van der Waals surface area contributed by atoms with Crippen LogP contribution >= 0.6 is 15.9 Å². The van der Waals surface area contributed by atoms with Gasteiger partial charge >= 0.3 is 0 Å². The van der Waals surface area contributed by atoms with Gasteiger partial charge in [0.2, 0.25) is 21.8 Å². The monoisotopic (exact) mass is 439 g/mol. The first-order chi connectivity index (χ1) is 12.2. The number of anilines is 2. The Kier molecular flexibility index (Phi) is 6.52. The van der Waals surface area contributed by atoms with Gasteiger partial charge in [-0.2, -0.15) is 4.31 Å². The van der Waals surface area contributed by atoms with Crippen molar-refractivity contribution in [2.75, 3.05) is 24.2 Å². The zero-order valence-corrected chi connectivity index (χ0v) is 16.6. The third kappa shape index (κ3) is 5.38. The summed E-state index contributed by atoms with van der Waals surface area (Å²) >= 11 is 3.30. The van der Waals surface area contributed by atoms with E-state index in [9.17, 15) is 18.0 Å². The molecule has 0 aliphatic heterocycles. The van der Waals surface area contributed by atoms with E-state index >= 15 is 0 Å². The average Bonchev–Trinajstić information content (AvgIpc) is 2.56. The van der Waals surface area contributed by atoms with Crippen LogP contribution in [0.5, 0.6) is 0 Å². The lowest BCUT2D eigenvalue weighted by atomic mass is 10.3. The van der Waals surface area contributed by atoms with Crippen molar-refractivity contribution in [2.24, 2.45) is 0 Å². The number of carbonyl (C=O) groups excluding carboxylic acids is 2.